The lowest BCUT2D eigenvalue weighted by Gasteiger charge is -2.52. The van der Waals surface area contributed by atoms with Gasteiger partial charge < -0.3 is 19.4 Å². The summed E-state index contributed by atoms with van der Waals surface area (Å²) in [6, 6.07) is 9.20. The highest BCUT2D eigenvalue weighted by molar-refractivity contribution is 5.90. The third-order valence-corrected chi connectivity index (χ3v) is 7.16. The van der Waals surface area contributed by atoms with Crippen LogP contribution in [0.4, 0.5) is 31.1 Å². The lowest BCUT2D eigenvalue weighted by Crippen LogP contribution is -2.71. The molecule has 0 aliphatic carbocycles. The second-order valence-electron chi connectivity index (χ2n) is 10.5. The van der Waals surface area contributed by atoms with Crippen LogP contribution in [0.2, 0.25) is 0 Å². The van der Waals surface area contributed by atoms with E-state index in [1.165, 1.54) is 14.7 Å². The van der Waals surface area contributed by atoms with Gasteiger partial charge in [-0.1, -0.05) is 30.3 Å². The van der Waals surface area contributed by atoms with Gasteiger partial charge in [0, 0.05) is 19.5 Å². The summed E-state index contributed by atoms with van der Waals surface area (Å²) in [6.07, 6.45) is -11.9. The van der Waals surface area contributed by atoms with Crippen LogP contribution in [0.5, 0.6) is 0 Å². The number of benzene rings is 2. The van der Waals surface area contributed by atoms with Crippen molar-refractivity contribution in [3.8, 4) is 0 Å². The predicted octanol–water partition coefficient (Wildman–Crippen LogP) is 4.58. The Bertz CT molecular complexity index is 1270. The van der Waals surface area contributed by atoms with Crippen LogP contribution in [-0.4, -0.2) is 83.4 Å². The molecule has 2 aromatic rings. The lowest BCUT2D eigenvalue weighted by molar-refractivity contribution is -0.169. The first kappa shape index (κ1) is 31.1. The van der Waals surface area contributed by atoms with E-state index in [-0.39, 0.29) is 50.4 Å². The zero-order chi connectivity index (χ0) is 30.8. The Hall–Kier alpha value is -3.81. The number of hydrogen-bond donors (Lipinski definition) is 0. The molecule has 0 bridgehead atoms. The molecular weight excluding hydrogens is 570 g/mol. The molecule has 3 amide bonds. The average molecular weight is 601 g/mol. The molecule has 0 saturated carbocycles. The van der Waals surface area contributed by atoms with Crippen LogP contribution < -0.4 is 0 Å². The third kappa shape index (κ3) is 7.15. The van der Waals surface area contributed by atoms with Crippen molar-refractivity contribution in [3.05, 3.63) is 70.8 Å². The van der Waals surface area contributed by atoms with E-state index in [1.54, 1.807) is 0 Å². The number of rotatable bonds is 7. The van der Waals surface area contributed by atoms with E-state index < -0.39 is 54.0 Å². The van der Waals surface area contributed by atoms with Gasteiger partial charge >= 0.3 is 18.4 Å². The summed E-state index contributed by atoms with van der Waals surface area (Å²) in [4.78, 5) is 45.8. The summed E-state index contributed by atoms with van der Waals surface area (Å²) < 4.78 is 84.8. The molecule has 0 radical (unpaired) electrons. The second kappa shape index (κ2) is 12.2. The minimum atomic E-state index is -5.05. The van der Waals surface area contributed by atoms with Crippen LogP contribution in [0.1, 0.15) is 35.1 Å². The fraction of sp³-hybridized carbons (Fsp3) is 0.464. The van der Waals surface area contributed by atoms with Crippen LogP contribution in [0, 0.1) is 0 Å². The quantitative estimate of drug-likeness (QED) is 0.435. The van der Waals surface area contributed by atoms with E-state index in [0.717, 1.165) is 5.56 Å². The maximum Gasteiger partial charge on any atom is 0.416 e. The van der Waals surface area contributed by atoms with Gasteiger partial charge in [-0.15, -0.1) is 0 Å². The summed E-state index contributed by atoms with van der Waals surface area (Å²) in [5.74, 6) is -0.627. The molecule has 1 unspecified atom stereocenters. The zero-order valence-corrected chi connectivity index (χ0v) is 22.9. The Kier molecular flexibility index (Phi) is 9.04. The van der Waals surface area contributed by atoms with Gasteiger partial charge in [0.15, 0.2) is 0 Å². The van der Waals surface area contributed by atoms with Crippen molar-refractivity contribution in [2.45, 2.75) is 50.6 Å². The van der Waals surface area contributed by atoms with Crippen LogP contribution in [0.15, 0.2) is 48.5 Å². The fourth-order valence-electron chi connectivity index (χ4n) is 5.13. The molecular formula is C28H30F6N4O4. The zero-order valence-electron chi connectivity index (χ0n) is 22.9. The van der Waals surface area contributed by atoms with Gasteiger partial charge in [-0.25, -0.2) is 4.79 Å². The second-order valence-corrected chi connectivity index (χ2v) is 10.5. The van der Waals surface area contributed by atoms with E-state index in [9.17, 15) is 40.7 Å². The molecule has 2 aliphatic rings. The van der Waals surface area contributed by atoms with E-state index in [4.69, 9.17) is 4.74 Å². The first-order valence-corrected chi connectivity index (χ1v) is 13.2. The molecule has 2 aromatic carbocycles. The van der Waals surface area contributed by atoms with Gasteiger partial charge in [-0.05, 0) is 56.4 Å². The highest BCUT2D eigenvalue weighted by Crippen LogP contribution is 2.36. The number of carbonyl (C=O) groups is 3. The molecule has 2 atom stereocenters. The maximum absolute atomic E-state index is 13.6. The lowest BCUT2D eigenvalue weighted by atomic mass is 10.0. The van der Waals surface area contributed by atoms with Crippen LogP contribution >= 0.6 is 0 Å². The number of alkyl halides is 6. The number of hydrogen-bond acceptors (Lipinski definition) is 5. The van der Waals surface area contributed by atoms with Crippen molar-refractivity contribution in [3.63, 3.8) is 0 Å². The largest absolute Gasteiger partial charge is 0.444 e. The normalized spacial score (nSPS) is 19.8. The highest BCUT2D eigenvalue weighted by atomic mass is 19.4. The number of halogens is 6. The molecule has 8 nitrogen and oxygen atoms in total. The molecule has 14 heteroatoms. The number of nitrogens with zero attached hydrogens (tertiary/aromatic N) is 4. The summed E-state index contributed by atoms with van der Waals surface area (Å²) in [5, 5.41) is 0. The highest BCUT2D eigenvalue weighted by Gasteiger charge is 2.49. The van der Waals surface area contributed by atoms with Crippen LogP contribution in [0.3, 0.4) is 0 Å². The Morgan fingerprint density at radius 1 is 0.952 bits per heavy atom. The SMILES string of the molecule is CN(C)CC[C@H]1C(=O)N(Cc2ccccc2)CC2N(C(=O)OCc3cc(C(F)(F)F)cc(C(F)(F)F)c3)CCC(=O)N21. The molecule has 2 saturated heterocycles. The van der Waals surface area contributed by atoms with E-state index in [0.29, 0.717) is 18.7 Å². The van der Waals surface area contributed by atoms with Crippen molar-refractivity contribution < 1.29 is 45.5 Å². The molecule has 4 rings (SSSR count). The van der Waals surface area contributed by atoms with Gasteiger partial charge in [0.2, 0.25) is 11.8 Å². The van der Waals surface area contributed by atoms with E-state index in [1.807, 2.05) is 49.3 Å². The first-order chi connectivity index (χ1) is 19.6. The van der Waals surface area contributed by atoms with Crippen molar-refractivity contribution in [2.75, 3.05) is 33.7 Å². The average Bonchev–Trinajstić information content (AvgIpc) is 2.91. The molecule has 0 N–H and O–H groups in total. The van der Waals surface area contributed by atoms with Crippen molar-refractivity contribution in [2.24, 2.45) is 0 Å². The number of carbonyl (C=O) groups excluding carboxylic acids is 3. The van der Waals surface area contributed by atoms with Gasteiger partial charge in [0.25, 0.3) is 0 Å². The molecule has 2 aliphatic heterocycles. The number of piperazine rings is 1. The van der Waals surface area contributed by atoms with Gasteiger partial charge in [-0.3, -0.25) is 14.5 Å². The summed E-state index contributed by atoms with van der Waals surface area (Å²) in [7, 11) is 3.62. The van der Waals surface area contributed by atoms with Gasteiger partial charge in [0.05, 0.1) is 17.7 Å². The predicted molar refractivity (Wildman–Crippen MR) is 137 cm³/mol. The topological polar surface area (TPSA) is 73.4 Å². The Morgan fingerprint density at radius 3 is 2.14 bits per heavy atom. The molecule has 42 heavy (non-hydrogen) atoms. The Balaban J connectivity index is 1.58. The van der Waals surface area contributed by atoms with E-state index >= 15 is 0 Å². The minimum absolute atomic E-state index is 0.00627. The Labute approximate surface area is 238 Å². The maximum atomic E-state index is 13.6. The molecule has 2 fully saturated rings. The molecule has 228 valence electrons. The van der Waals surface area contributed by atoms with E-state index in [2.05, 4.69) is 0 Å². The molecule has 0 aromatic heterocycles. The number of amides is 3. The molecule has 0 spiro atoms. The Morgan fingerprint density at radius 2 is 1.57 bits per heavy atom. The standard InChI is InChI=1S/C28H30F6N4O4/c1-35(2)10-8-22-25(40)36(15-18-6-4-3-5-7-18)16-23-37(11-9-24(39)38(22)23)26(41)42-17-19-12-20(27(29,30)31)14-21(13-19)28(32,33)34/h3-7,12-14,22-23H,8-11,15-17H2,1-2H3/t22-,23?/m0/s1. The van der Waals surface area contributed by atoms with Crippen LogP contribution in [-0.2, 0) is 39.8 Å². The smallest absolute Gasteiger partial charge is 0.416 e. The van der Waals surface area contributed by atoms with Crippen molar-refractivity contribution in [1.82, 2.24) is 19.6 Å². The number of ether oxygens (including phenoxy) is 1. The number of fused-ring (bicyclic) bond motifs is 1. The van der Waals surface area contributed by atoms with Crippen molar-refractivity contribution in [1.29, 1.82) is 0 Å². The van der Waals surface area contributed by atoms with Gasteiger partial charge in [-0.2, -0.15) is 26.3 Å². The summed E-state index contributed by atoms with van der Waals surface area (Å²) in [6.45, 7) is -0.324. The van der Waals surface area contributed by atoms with Crippen molar-refractivity contribution >= 4 is 17.9 Å². The first-order valence-electron chi connectivity index (χ1n) is 13.2. The summed E-state index contributed by atoms with van der Waals surface area (Å²) in [5.41, 5.74) is -2.72. The van der Waals surface area contributed by atoms with Gasteiger partial charge in [0.1, 0.15) is 18.8 Å². The monoisotopic (exact) mass is 600 g/mol. The minimum Gasteiger partial charge on any atom is -0.444 e. The molecule has 2 heterocycles. The fourth-order valence-corrected chi connectivity index (χ4v) is 5.13. The third-order valence-electron chi connectivity index (χ3n) is 7.16. The summed E-state index contributed by atoms with van der Waals surface area (Å²) >= 11 is 0. The van der Waals surface area contributed by atoms with Crippen LogP contribution in [0.25, 0.3) is 0 Å².